The van der Waals surface area contributed by atoms with Crippen LogP contribution in [0.2, 0.25) is 0 Å². The Morgan fingerprint density at radius 1 is 1.18 bits per heavy atom. The summed E-state index contributed by atoms with van der Waals surface area (Å²) in [5, 5.41) is 10.1. The molecule has 2 N–H and O–H groups in total. The summed E-state index contributed by atoms with van der Waals surface area (Å²) in [5.74, 6) is -1.23. The van der Waals surface area contributed by atoms with Crippen molar-refractivity contribution in [1.29, 1.82) is 0 Å². The second-order valence-corrected chi connectivity index (χ2v) is 7.82. The quantitative estimate of drug-likeness (QED) is 0.544. The molecule has 1 saturated heterocycles. The van der Waals surface area contributed by atoms with Crippen LogP contribution in [0.5, 0.6) is 0 Å². The minimum absolute atomic E-state index is 0.246. The van der Waals surface area contributed by atoms with E-state index < -0.39 is 29.9 Å². The number of hydrogen-bond donors (Lipinski definition) is 2. The van der Waals surface area contributed by atoms with Crippen molar-refractivity contribution in [2.75, 3.05) is 11.9 Å². The van der Waals surface area contributed by atoms with Gasteiger partial charge in [-0.2, -0.15) is 18.3 Å². The fourth-order valence-corrected chi connectivity index (χ4v) is 3.71. The Bertz CT molecular complexity index is 1130. The van der Waals surface area contributed by atoms with Crippen molar-refractivity contribution in [2.45, 2.75) is 38.2 Å². The smallest absolute Gasteiger partial charge is 0.355 e. The van der Waals surface area contributed by atoms with Crippen LogP contribution in [0.3, 0.4) is 0 Å². The van der Waals surface area contributed by atoms with Gasteiger partial charge in [0, 0.05) is 24.9 Å². The van der Waals surface area contributed by atoms with Crippen LogP contribution in [0.1, 0.15) is 42.9 Å². The lowest BCUT2D eigenvalue weighted by Crippen LogP contribution is -2.23. The van der Waals surface area contributed by atoms with E-state index in [4.69, 9.17) is 0 Å². The fraction of sp³-hybridized carbons (Fsp3) is 0.381. The van der Waals surface area contributed by atoms with Gasteiger partial charge in [0.25, 0.3) is 0 Å². The van der Waals surface area contributed by atoms with Gasteiger partial charge in [-0.25, -0.2) is 24.0 Å². The van der Waals surface area contributed by atoms with E-state index in [0.29, 0.717) is 17.1 Å². The summed E-state index contributed by atoms with van der Waals surface area (Å²) >= 11 is 0. The number of hydrogen-bond acceptors (Lipinski definition) is 6. The minimum atomic E-state index is -4.51. The molecule has 0 aromatic carbocycles. The number of aromatic nitrogens is 5. The molecule has 0 saturated carbocycles. The number of carbonyl (C=O) groups is 1. The van der Waals surface area contributed by atoms with Gasteiger partial charge in [-0.05, 0) is 38.1 Å². The van der Waals surface area contributed by atoms with E-state index in [9.17, 15) is 22.4 Å². The molecule has 33 heavy (non-hydrogen) atoms. The second kappa shape index (κ2) is 8.75. The number of alkyl halides is 4. The van der Waals surface area contributed by atoms with E-state index in [0.717, 1.165) is 12.3 Å². The summed E-state index contributed by atoms with van der Waals surface area (Å²) in [5.41, 5.74) is 0.396. The number of anilines is 1. The van der Waals surface area contributed by atoms with Crippen LogP contribution in [0.25, 0.3) is 5.69 Å². The molecule has 1 fully saturated rings. The number of amides is 1. The van der Waals surface area contributed by atoms with Crippen molar-refractivity contribution in [3.8, 4) is 5.69 Å². The number of pyridine rings is 1. The molecule has 4 heterocycles. The first-order valence-corrected chi connectivity index (χ1v) is 10.2. The van der Waals surface area contributed by atoms with Crippen molar-refractivity contribution in [1.82, 2.24) is 30.0 Å². The number of rotatable bonds is 6. The Kier molecular flexibility index (Phi) is 6.00. The molecular weight excluding hydrogens is 442 g/mol. The zero-order chi connectivity index (χ0) is 23.8. The van der Waals surface area contributed by atoms with Crippen molar-refractivity contribution in [2.24, 2.45) is 5.92 Å². The van der Waals surface area contributed by atoms with Crippen LogP contribution in [-0.4, -0.2) is 43.4 Å². The van der Waals surface area contributed by atoms with Crippen LogP contribution >= 0.6 is 0 Å². The van der Waals surface area contributed by atoms with E-state index in [1.807, 2.05) is 6.92 Å². The summed E-state index contributed by atoms with van der Waals surface area (Å²) in [7, 11) is 0. The van der Waals surface area contributed by atoms with Crippen LogP contribution in [0.4, 0.5) is 23.5 Å². The Labute approximate surface area is 186 Å². The average Bonchev–Trinajstić information content (AvgIpc) is 3.41. The maximum Gasteiger partial charge on any atom is 0.433 e. The van der Waals surface area contributed by atoms with Crippen LogP contribution in [-0.2, 0) is 11.0 Å². The largest absolute Gasteiger partial charge is 0.433 e. The Morgan fingerprint density at radius 2 is 1.97 bits per heavy atom. The van der Waals surface area contributed by atoms with Gasteiger partial charge >= 0.3 is 6.18 Å². The lowest BCUT2D eigenvalue weighted by molar-refractivity contribution is -0.141. The summed E-state index contributed by atoms with van der Waals surface area (Å²) < 4.78 is 53.5. The molecule has 0 spiro atoms. The topological polar surface area (TPSA) is 97.6 Å². The molecule has 3 aromatic heterocycles. The molecular formula is C21H21F4N7O. The first kappa shape index (κ1) is 22.6. The van der Waals surface area contributed by atoms with E-state index in [2.05, 4.69) is 30.7 Å². The third kappa shape index (κ3) is 4.78. The SMILES string of the molecule is C[C@H](Nc1nccc([C@@H]2C(=O)NCC2[C@H](C)F)n1)c1ccn(-c2ccc(C(F)(F)F)nc2)n1. The number of nitrogens with one attached hydrogen (secondary N) is 2. The lowest BCUT2D eigenvalue weighted by Gasteiger charge is -2.18. The van der Waals surface area contributed by atoms with E-state index in [-0.39, 0.29) is 24.4 Å². The zero-order valence-corrected chi connectivity index (χ0v) is 17.7. The van der Waals surface area contributed by atoms with Gasteiger partial charge in [0.2, 0.25) is 11.9 Å². The number of carbonyl (C=O) groups excluding carboxylic acids is 1. The number of halogens is 4. The Morgan fingerprint density at radius 3 is 2.64 bits per heavy atom. The van der Waals surface area contributed by atoms with Gasteiger partial charge in [0.1, 0.15) is 11.9 Å². The summed E-state index contributed by atoms with van der Waals surface area (Å²) in [6.45, 7) is 3.48. The fourth-order valence-electron chi connectivity index (χ4n) is 3.71. The molecule has 12 heteroatoms. The van der Waals surface area contributed by atoms with E-state index in [1.165, 1.54) is 23.9 Å². The molecule has 4 rings (SSSR count). The maximum absolute atomic E-state index is 13.9. The molecule has 8 nitrogen and oxygen atoms in total. The predicted molar refractivity (Wildman–Crippen MR) is 110 cm³/mol. The van der Waals surface area contributed by atoms with Gasteiger partial charge < -0.3 is 10.6 Å². The molecule has 4 atom stereocenters. The van der Waals surface area contributed by atoms with Gasteiger partial charge in [-0.3, -0.25) is 4.79 Å². The summed E-state index contributed by atoms with van der Waals surface area (Å²) in [6.07, 6.45) is -1.50. The highest BCUT2D eigenvalue weighted by atomic mass is 19.4. The first-order chi connectivity index (χ1) is 15.6. The summed E-state index contributed by atoms with van der Waals surface area (Å²) in [6, 6.07) is 5.10. The Hall–Kier alpha value is -3.57. The van der Waals surface area contributed by atoms with Gasteiger partial charge in [-0.1, -0.05) is 0 Å². The third-order valence-electron chi connectivity index (χ3n) is 5.51. The van der Waals surface area contributed by atoms with Crippen molar-refractivity contribution >= 4 is 11.9 Å². The van der Waals surface area contributed by atoms with Gasteiger partial charge in [-0.15, -0.1) is 0 Å². The third-order valence-corrected chi connectivity index (χ3v) is 5.51. The molecule has 1 amide bonds. The highest BCUT2D eigenvalue weighted by Crippen LogP contribution is 2.32. The summed E-state index contributed by atoms with van der Waals surface area (Å²) in [4.78, 5) is 24.2. The maximum atomic E-state index is 13.9. The molecule has 1 aliphatic rings. The zero-order valence-electron chi connectivity index (χ0n) is 17.7. The van der Waals surface area contributed by atoms with Crippen LogP contribution in [0.15, 0.2) is 42.9 Å². The molecule has 0 aliphatic carbocycles. The van der Waals surface area contributed by atoms with Crippen molar-refractivity contribution < 1.29 is 22.4 Å². The van der Waals surface area contributed by atoms with Crippen molar-refractivity contribution in [3.05, 3.63) is 59.9 Å². The normalized spacial score (nSPS) is 20.4. The minimum Gasteiger partial charge on any atom is -0.355 e. The molecule has 1 unspecified atom stereocenters. The standard InChI is InChI=1S/C21H21F4N7O/c1-11(22)14-10-28-19(33)18(14)16-5-7-26-20(30-16)29-12(2)15-6-8-32(31-15)13-3-4-17(27-9-13)21(23,24)25/h3-9,11-12,14,18H,10H2,1-2H3,(H,28,33)(H,26,29,30)/t11-,12-,14?,18+/m0/s1. The highest BCUT2D eigenvalue weighted by molar-refractivity contribution is 5.85. The monoisotopic (exact) mass is 463 g/mol. The predicted octanol–water partition coefficient (Wildman–Crippen LogP) is 3.44. The molecule has 0 bridgehead atoms. The number of nitrogens with zero attached hydrogens (tertiary/aromatic N) is 5. The Balaban J connectivity index is 1.48. The lowest BCUT2D eigenvalue weighted by atomic mass is 9.89. The van der Waals surface area contributed by atoms with Crippen LogP contribution in [0, 0.1) is 5.92 Å². The second-order valence-electron chi connectivity index (χ2n) is 7.82. The van der Waals surface area contributed by atoms with Crippen molar-refractivity contribution in [3.63, 3.8) is 0 Å². The van der Waals surface area contributed by atoms with Crippen LogP contribution < -0.4 is 10.6 Å². The van der Waals surface area contributed by atoms with Gasteiger partial charge in [0.15, 0.2) is 0 Å². The van der Waals surface area contributed by atoms with E-state index in [1.54, 1.807) is 18.3 Å². The van der Waals surface area contributed by atoms with Gasteiger partial charge in [0.05, 0.1) is 35.2 Å². The molecule has 0 radical (unpaired) electrons. The van der Waals surface area contributed by atoms with E-state index >= 15 is 0 Å². The highest BCUT2D eigenvalue weighted by Gasteiger charge is 2.40. The molecule has 3 aromatic rings. The first-order valence-electron chi connectivity index (χ1n) is 10.2. The molecule has 1 aliphatic heterocycles. The molecule has 174 valence electrons. The average molecular weight is 463 g/mol.